The molecule has 66 valence electrons. The molecular weight excluding hydrogens is 140 g/mol. The van der Waals surface area contributed by atoms with Gasteiger partial charge in [0.1, 0.15) is 0 Å². The van der Waals surface area contributed by atoms with E-state index >= 15 is 0 Å². The van der Waals surface area contributed by atoms with Crippen molar-refractivity contribution in [3.8, 4) is 0 Å². The molecule has 0 aliphatic carbocycles. The van der Waals surface area contributed by atoms with E-state index in [-0.39, 0.29) is 18.1 Å². The Morgan fingerprint density at radius 3 is 2.45 bits per heavy atom. The molecule has 2 heteroatoms. The number of ether oxygens (including phenoxy) is 1. The van der Waals surface area contributed by atoms with Crippen LogP contribution in [0.4, 0.5) is 0 Å². The normalized spacial score (nSPS) is 31.6. The maximum Gasteiger partial charge on any atom is 0.0698 e. The van der Waals surface area contributed by atoms with Crippen LogP contribution in [-0.4, -0.2) is 24.4 Å². The lowest BCUT2D eigenvalue weighted by Gasteiger charge is -2.45. The Kier molecular flexibility index (Phi) is 2.55. The average Bonchev–Trinajstić information content (AvgIpc) is 1.86. The summed E-state index contributed by atoms with van der Waals surface area (Å²) in [6.07, 6.45) is 1.38. The number of rotatable bonds is 3. The van der Waals surface area contributed by atoms with Gasteiger partial charge in [0.15, 0.2) is 0 Å². The smallest absolute Gasteiger partial charge is 0.0698 e. The molecule has 0 aromatic rings. The zero-order valence-electron chi connectivity index (χ0n) is 7.63. The van der Waals surface area contributed by atoms with E-state index in [0.717, 1.165) is 13.0 Å². The molecule has 2 nitrogen and oxygen atoms in total. The summed E-state index contributed by atoms with van der Waals surface area (Å²) in [5.74, 6) is 0.380. The van der Waals surface area contributed by atoms with Crippen LogP contribution in [0.3, 0.4) is 0 Å². The first-order valence-corrected chi connectivity index (χ1v) is 4.34. The Hall–Kier alpha value is -0.0800. The van der Waals surface area contributed by atoms with Crippen molar-refractivity contribution in [3.63, 3.8) is 0 Å². The minimum Gasteiger partial charge on any atom is -0.396 e. The first kappa shape index (κ1) is 9.01. The van der Waals surface area contributed by atoms with E-state index in [9.17, 15) is 0 Å². The first-order chi connectivity index (χ1) is 5.11. The van der Waals surface area contributed by atoms with Crippen molar-refractivity contribution >= 4 is 0 Å². The van der Waals surface area contributed by atoms with Crippen LogP contribution in [0.5, 0.6) is 0 Å². The molecule has 1 saturated heterocycles. The summed E-state index contributed by atoms with van der Waals surface area (Å²) < 4.78 is 5.43. The fourth-order valence-corrected chi connectivity index (χ4v) is 1.54. The zero-order valence-corrected chi connectivity index (χ0v) is 7.63. The maximum absolute atomic E-state index is 8.94. The lowest BCUT2D eigenvalue weighted by Crippen LogP contribution is -2.50. The predicted molar refractivity (Wildman–Crippen MR) is 44.4 cm³/mol. The van der Waals surface area contributed by atoms with Gasteiger partial charge in [0.25, 0.3) is 0 Å². The Labute approximate surface area is 68.6 Å². The minimum absolute atomic E-state index is 0.228. The van der Waals surface area contributed by atoms with Crippen molar-refractivity contribution in [1.29, 1.82) is 0 Å². The van der Waals surface area contributed by atoms with Crippen LogP contribution in [0, 0.1) is 11.3 Å². The molecule has 0 spiro atoms. The van der Waals surface area contributed by atoms with Gasteiger partial charge in [-0.1, -0.05) is 20.8 Å². The monoisotopic (exact) mass is 158 g/mol. The molecule has 2 atom stereocenters. The fourth-order valence-electron chi connectivity index (χ4n) is 1.54. The lowest BCUT2D eigenvalue weighted by molar-refractivity contribution is -0.182. The molecule has 1 N–H and O–H groups in total. The second-order valence-electron chi connectivity index (χ2n) is 4.04. The van der Waals surface area contributed by atoms with Crippen LogP contribution < -0.4 is 0 Å². The molecule has 0 aromatic carbocycles. The summed E-state index contributed by atoms with van der Waals surface area (Å²) in [6.45, 7) is 7.56. The van der Waals surface area contributed by atoms with E-state index in [1.54, 1.807) is 0 Å². The van der Waals surface area contributed by atoms with Crippen molar-refractivity contribution < 1.29 is 9.84 Å². The van der Waals surface area contributed by atoms with Crippen LogP contribution in [0.15, 0.2) is 0 Å². The number of aliphatic hydroxyl groups excluding tert-OH is 1. The zero-order chi connectivity index (χ0) is 8.48. The van der Waals surface area contributed by atoms with Crippen LogP contribution in [-0.2, 0) is 4.74 Å². The average molecular weight is 158 g/mol. The second-order valence-corrected chi connectivity index (χ2v) is 4.04. The summed E-state index contributed by atoms with van der Waals surface area (Å²) in [7, 11) is 0. The topological polar surface area (TPSA) is 29.5 Å². The molecule has 1 fully saturated rings. The third-order valence-corrected chi connectivity index (χ3v) is 2.83. The van der Waals surface area contributed by atoms with E-state index in [0.29, 0.717) is 5.92 Å². The van der Waals surface area contributed by atoms with Crippen molar-refractivity contribution in [2.24, 2.45) is 11.3 Å². The van der Waals surface area contributed by atoms with Crippen LogP contribution in [0.2, 0.25) is 0 Å². The fraction of sp³-hybridized carbons (Fsp3) is 1.00. The highest BCUT2D eigenvalue weighted by molar-refractivity contribution is 4.89. The lowest BCUT2D eigenvalue weighted by atomic mass is 9.75. The van der Waals surface area contributed by atoms with Gasteiger partial charge >= 0.3 is 0 Å². The molecule has 1 aliphatic rings. The molecule has 0 radical (unpaired) electrons. The standard InChI is InChI=1S/C9H18O2/c1-4-9(2,3)8-7(5-10)6-11-8/h7-8,10H,4-6H2,1-3H3. The summed E-state index contributed by atoms with van der Waals surface area (Å²) in [6, 6.07) is 0. The molecule has 0 saturated carbocycles. The molecule has 0 aromatic heterocycles. The highest BCUT2D eigenvalue weighted by atomic mass is 16.5. The van der Waals surface area contributed by atoms with Gasteiger partial charge in [-0.2, -0.15) is 0 Å². The van der Waals surface area contributed by atoms with Gasteiger partial charge in [-0.15, -0.1) is 0 Å². The molecule has 0 amide bonds. The number of hydrogen-bond acceptors (Lipinski definition) is 2. The van der Waals surface area contributed by atoms with Crippen LogP contribution in [0.25, 0.3) is 0 Å². The number of aliphatic hydroxyl groups is 1. The summed E-state index contributed by atoms with van der Waals surface area (Å²) in [4.78, 5) is 0. The number of hydrogen-bond donors (Lipinski definition) is 1. The third kappa shape index (κ3) is 1.57. The highest BCUT2D eigenvalue weighted by Gasteiger charge is 2.41. The second kappa shape index (κ2) is 3.11. The van der Waals surface area contributed by atoms with Gasteiger partial charge in [0.05, 0.1) is 19.3 Å². The van der Waals surface area contributed by atoms with Crippen LogP contribution in [0.1, 0.15) is 27.2 Å². The highest BCUT2D eigenvalue weighted by Crippen LogP contribution is 2.37. The molecule has 2 unspecified atom stereocenters. The van der Waals surface area contributed by atoms with Gasteiger partial charge in [0.2, 0.25) is 0 Å². The molecule has 1 aliphatic heterocycles. The Bertz CT molecular complexity index is 130. The first-order valence-electron chi connectivity index (χ1n) is 4.34. The van der Waals surface area contributed by atoms with Gasteiger partial charge < -0.3 is 9.84 Å². The Morgan fingerprint density at radius 1 is 1.55 bits per heavy atom. The summed E-state index contributed by atoms with van der Waals surface area (Å²) in [5.41, 5.74) is 0.228. The molecule has 1 rings (SSSR count). The molecule has 1 heterocycles. The summed E-state index contributed by atoms with van der Waals surface area (Å²) >= 11 is 0. The molecule has 0 bridgehead atoms. The van der Waals surface area contributed by atoms with Crippen molar-refractivity contribution in [2.75, 3.05) is 13.2 Å². The SMILES string of the molecule is CCC(C)(C)C1OCC1CO. The third-order valence-electron chi connectivity index (χ3n) is 2.83. The van der Waals surface area contributed by atoms with Crippen LogP contribution >= 0.6 is 0 Å². The van der Waals surface area contributed by atoms with E-state index in [1.807, 2.05) is 0 Å². The van der Waals surface area contributed by atoms with E-state index in [1.165, 1.54) is 0 Å². The van der Waals surface area contributed by atoms with Crippen molar-refractivity contribution in [1.82, 2.24) is 0 Å². The van der Waals surface area contributed by atoms with Gasteiger partial charge in [0, 0.05) is 5.92 Å². The minimum atomic E-state index is 0.228. The summed E-state index contributed by atoms with van der Waals surface area (Å²) in [5, 5.41) is 8.94. The Morgan fingerprint density at radius 2 is 2.18 bits per heavy atom. The quantitative estimate of drug-likeness (QED) is 0.673. The van der Waals surface area contributed by atoms with Gasteiger partial charge in [-0.3, -0.25) is 0 Å². The van der Waals surface area contributed by atoms with E-state index in [2.05, 4.69) is 20.8 Å². The predicted octanol–water partition coefficient (Wildman–Crippen LogP) is 1.43. The van der Waals surface area contributed by atoms with Crippen molar-refractivity contribution in [3.05, 3.63) is 0 Å². The molecule has 11 heavy (non-hydrogen) atoms. The largest absolute Gasteiger partial charge is 0.396 e. The van der Waals surface area contributed by atoms with Gasteiger partial charge in [-0.05, 0) is 11.8 Å². The van der Waals surface area contributed by atoms with Gasteiger partial charge in [-0.25, -0.2) is 0 Å². The Balaban J connectivity index is 2.47. The molecular formula is C9H18O2. The van der Waals surface area contributed by atoms with E-state index < -0.39 is 0 Å². The maximum atomic E-state index is 8.94. The van der Waals surface area contributed by atoms with Crippen molar-refractivity contribution in [2.45, 2.75) is 33.3 Å². The van der Waals surface area contributed by atoms with E-state index in [4.69, 9.17) is 9.84 Å².